The molecule has 0 aliphatic carbocycles. The van der Waals surface area contributed by atoms with Gasteiger partial charge >= 0.3 is 0 Å². The summed E-state index contributed by atoms with van der Waals surface area (Å²) in [6, 6.07) is 0. The molecule has 1 aliphatic rings. The third kappa shape index (κ3) is 2.46. The van der Waals surface area contributed by atoms with Crippen LogP contribution in [-0.2, 0) is 4.74 Å². The van der Waals surface area contributed by atoms with Gasteiger partial charge in [0.05, 0.1) is 0 Å². The van der Waals surface area contributed by atoms with Gasteiger partial charge in [0.1, 0.15) is 6.23 Å². The van der Waals surface area contributed by atoms with E-state index in [2.05, 4.69) is 11.8 Å². The van der Waals surface area contributed by atoms with Gasteiger partial charge in [0.25, 0.3) is 0 Å². The first-order valence-corrected chi connectivity index (χ1v) is 4.65. The maximum atomic E-state index is 5.36. The van der Waals surface area contributed by atoms with E-state index in [1.807, 2.05) is 7.11 Å². The Morgan fingerprint density at radius 1 is 1.27 bits per heavy atom. The summed E-state index contributed by atoms with van der Waals surface area (Å²) in [4.78, 5) is 2.45. The van der Waals surface area contributed by atoms with Crippen molar-refractivity contribution in [2.45, 2.75) is 38.8 Å². The Morgan fingerprint density at radius 3 is 2.36 bits per heavy atom. The van der Waals surface area contributed by atoms with Crippen molar-refractivity contribution in [2.75, 3.05) is 20.2 Å². The smallest absolute Gasteiger partial charge is 0.109 e. The summed E-state index contributed by atoms with van der Waals surface area (Å²) in [5.74, 6) is 0. The van der Waals surface area contributed by atoms with Crippen molar-refractivity contribution in [1.29, 1.82) is 0 Å². The van der Waals surface area contributed by atoms with Gasteiger partial charge in [-0.3, -0.25) is 4.90 Å². The van der Waals surface area contributed by atoms with Crippen molar-refractivity contribution in [3.63, 3.8) is 0 Å². The molecular weight excluding hydrogens is 138 g/mol. The van der Waals surface area contributed by atoms with E-state index in [1.165, 1.54) is 32.4 Å². The maximum absolute atomic E-state index is 5.36. The Kier molecular flexibility index (Phi) is 3.87. The molecule has 0 aromatic heterocycles. The van der Waals surface area contributed by atoms with Crippen molar-refractivity contribution in [3.05, 3.63) is 0 Å². The first-order chi connectivity index (χ1) is 5.38. The quantitative estimate of drug-likeness (QED) is 0.620. The normalized spacial score (nSPS) is 23.5. The predicted molar refractivity (Wildman–Crippen MR) is 46.5 cm³/mol. The Bertz CT molecular complexity index is 95.7. The van der Waals surface area contributed by atoms with Crippen molar-refractivity contribution in [2.24, 2.45) is 0 Å². The van der Waals surface area contributed by atoms with Crippen LogP contribution < -0.4 is 0 Å². The molecule has 0 amide bonds. The number of nitrogens with zero attached hydrogens (tertiary/aromatic N) is 1. The van der Waals surface area contributed by atoms with Crippen LogP contribution in [0, 0.1) is 0 Å². The molecule has 0 aromatic carbocycles. The number of rotatable bonds is 3. The zero-order valence-corrected chi connectivity index (χ0v) is 7.68. The summed E-state index contributed by atoms with van der Waals surface area (Å²) in [5.41, 5.74) is 0. The van der Waals surface area contributed by atoms with Crippen LogP contribution in [0.25, 0.3) is 0 Å². The van der Waals surface area contributed by atoms with Gasteiger partial charge in [-0.25, -0.2) is 0 Å². The molecule has 0 aromatic rings. The number of methoxy groups -OCH3 is 1. The van der Waals surface area contributed by atoms with Crippen molar-refractivity contribution in [1.82, 2.24) is 4.90 Å². The molecule has 0 saturated carbocycles. The molecule has 0 radical (unpaired) electrons. The predicted octanol–water partition coefficient (Wildman–Crippen LogP) is 1.85. The van der Waals surface area contributed by atoms with Gasteiger partial charge in [-0.05, 0) is 19.3 Å². The van der Waals surface area contributed by atoms with Gasteiger partial charge in [0.2, 0.25) is 0 Å². The lowest BCUT2D eigenvalue weighted by Crippen LogP contribution is -2.39. The van der Waals surface area contributed by atoms with E-state index in [0.717, 1.165) is 6.42 Å². The minimum atomic E-state index is 0.371. The van der Waals surface area contributed by atoms with Crippen molar-refractivity contribution in [3.8, 4) is 0 Å². The monoisotopic (exact) mass is 157 g/mol. The number of hydrogen-bond acceptors (Lipinski definition) is 2. The average molecular weight is 157 g/mol. The number of piperidine rings is 1. The van der Waals surface area contributed by atoms with E-state index in [1.54, 1.807) is 0 Å². The molecule has 0 bridgehead atoms. The first kappa shape index (κ1) is 9.01. The summed E-state index contributed by atoms with van der Waals surface area (Å²) in [6.45, 7) is 4.64. The third-order valence-electron chi connectivity index (χ3n) is 2.42. The van der Waals surface area contributed by atoms with Crippen LogP contribution >= 0.6 is 0 Å². The van der Waals surface area contributed by atoms with Crippen LogP contribution in [0.15, 0.2) is 0 Å². The molecular formula is C9H19NO. The van der Waals surface area contributed by atoms with Gasteiger partial charge < -0.3 is 4.74 Å². The molecule has 0 N–H and O–H groups in total. The minimum Gasteiger partial charge on any atom is -0.366 e. The average Bonchev–Trinajstić information content (AvgIpc) is 2.09. The van der Waals surface area contributed by atoms with E-state index in [9.17, 15) is 0 Å². The molecule has 0 spiro atoms. The van der Waals surface area contributed by atoms with E-state index in [-0.39, 0.29) is 0 Å². The fourth-order valence-electron chi connectivity index (χ4n) is 1.78. The highest BCUT2D eigenvalue weighted by Crippen LogP contribution is 2.13. The number of ether oxygens (including phenoxy) is 1. The molecule has 1 heterocycles. The lowest BCUT2D eigenvalue weighted by molar-refractivity contribution is -0.0429. The highest BCUT2D eigenvalue weighted by atomic mass is 16.5. The van der Waals surface area contributed by atoms with E-state index < -0.39 is 0 Å². The Balaban J connectivity index is 2.30. The van der Waals surface area contributed by atoms with E-state index >= 15 is 0 Å². The van der Waals surface area contributed by atoms with Gasteiger partial charge in [-0.1, -0.05) is 13.3 Å². The van der Waals surface area contributed by atoms with Crippen LogP contribution in [0.3, 0.4) is 0 Å². The zero-order valence-electron chi connectivity index (χ0n) is 7.68. The molecule has 2 heteroatoms. The molecule has 1 fully saturated rings. The van der Waals surface area contributed by atoms with Crippen LogP contribution in [0.1, 0.15) is 32.6 Å². The molecule has 1 unspecified atom stereocenters. The second kappa shape index (κ2) is 4.73. The SMILES string of the molecule is CCC(OC)N1CCCCC1. The van der Waals surface area contributed by atoms with Crippen LogP contribution in [-0.4, -0.2) is 31.3 Å². The summed E-state index contributed by atoms with van der Waals surface area (Å²) >= 11 is 0. The topological polar surface area (TPSA) is 12.5 Å². The largest absolute Gasteiger partial charge is 0.366 e. The first-order valence-electron chi connectivity index (χ1n) is 4.65. The van der Waals surface area contributed by atoms with Gasteiger partial charge in [-0.15, -0.1) is 0 Å². The number of likely N-dealkylation sites (tertiary alicyclic amines) is 1. The Morgan fingerprint density at radius 2 is 1.91 bits per heavy atom. The van der Waals surface area contributed by atoms with Crippen LogP contribution in [0.5, 0.6) is 0 Å². The summed E-state index contributed by atoms with van der Waals surface area (Å²) in [5, 5.41) is 0. The Hall–Kier alpha value is -0.0800. The zero-order chi connectivity index (χ0) is 8.10. The molecule has 1 aliphatic heterocycles. The van der Waals surface area contributed by atoms with Gasteiger partial charge in [0, 0.05) is 20.2 Å². The molecule has 2 nitrogen and oxygen atoms in total. The summed E-state index contributed by atoms with van der Waals surface area (Å²) in [6.07, 6.45) is 5.57. The molecule has 1 rings (SSSR count). The minimum absolute atomic E-state index is 0.371. The molecule has 1 saturated heterocycles. The number of hydrogen-bond donors (Lipinski definition) is 0. The van der Waals surface area contributed by atoms with Gasteiger partial charge in [0.15, 0.2) is 0 Å². The second-order valence-corrected chi connectivity index (χ2v) is 3.20. The highest BCUT2D eigenvalue weighted by molar-refractivity contribution is 4.67. The standard InChI is InChI=1S/C9H19NO/c1-3-9(11-2)10-7-5-4-6-8-10/h9H,3-8H2,1-2H3. The second-order valence-electron chi connectivity index (χ2n) is 3.20. The molecule has 66 valence electrons. The van der Waals surface area contributed by atoms with E-state index in [4.69, 9.17) is 4.74 Å². The van der Waals surface area contributed by atoms with Crippen LogP contribution in [0.4, 0.5) is 0 Å². The highest BCUT2D eigenvalue weighted by Gasteiger charge is 2.17. The van der Waals surface area contributed by atoms with Gasteiger partial charge in [-0.2, -0.15) is 0 Å². The summed E-state index contributed by atoms with van der Waals surface area (Å²) in [7, 11) is 1.81. The van der Waals surface area contributed by atoms with Crippen LogP contribution in [0.2, 0.25) is 0 Å². The molecule has 11 heavy (non-hydrogen) atoms. The summed E-state index contributed by atoms with van der Waals surface area (Å²) < 4.78 is 5.36. The third-order valence-corrected chi connectivity index (χ3v) is 2.42. The Labute approximate surface area is 69.5 Å². The lowest BCUT2D eigenvalue weighted by atomic mass is 10.1. The van der Waals surface area contributed by atoms with E-state index in [0.29, 0.717) is 6.23 Å². The van der Waals surface area contributed by atoms with Crippen molar-refractivity contribution < 1.29 is 4.74 Å². The fourth-order valence-corrected chi connectivity index (χ4v) is 1.78. The van der Waals surface area contributed by atoms with Crippen molar-refractivity contribution >= 4 is 0 Å². The molecule has 1 atom stereocenters. The fraction of sp³-hybridized carbons (Fsp3) is 1.00. The lowest BCUT2D eigenvalue weighted by Gasteiger charge is -2.32. The maximum Gasteiger partial charge on any atom is 0.109 e.